The van der Waals surface area contributed by atoms with E-state index in [4.69, 9.17) is 4.74 Å². The standard InChI is InChI=1S/C17H32N4OS/c1-16(2)4-6-20(13-16)15(18-3)19-12-17(5-11-23-14-17)21-7-9-22-10-8-21/h4-14H2,1-3H3,(H,18,19). The zero-order chi connectivity index (χ0) is 16.3. The van der Waals surface area contributed by atoms with Crippen molar-refractivity contribution in [3.63, 3.8) is 0 Å². The summed E-state index contributed by atoms with van der Waals surface area (Å²) in [5.74, 6) is 3.58. The average Bonchev–Trinajstić information content (AvgIpc) is 3.17. The lowest BCUT2D eigenvalue weighted by Crippen LogP contribution is -2.60. The second-order valence-electron chi connectivity index (χ2n) is 7.86. The molecular formula is C17H32N4OS. The maximum atomic E-state index is 5.55. The molecule has 0 spiro atoms. The smallest absolute Gasteiger partial charge is 0.193 e. The number of rotatable bonds is 3. The van der Waals surface area contributed by atoms with Crippen molar-refractivity contribution < 1.29 is 4.74 Å². The van der Waals surface area contributed by atoms with Gasteiger partial charge in [-0.1, -0.05) is 13.8 Å². The molecule has 0 bridgehead atoms. The van der Waals surface area contributed by atoms with Crippen molar-refractivity contribution in [1.29, 1.82) is 0 Å². The zero-order valence-electron chi connectivity index (χ0n) is 14.9. The van der Waals surface area contributed by atoms with Crippen LogP contribution in [-0.2, 0) is 4.74 Å². The monoisotopic (exact) mass is 340 g/mol. The molecule has 3 aliphatic rings. The molecule has 0 amide bonds. The van der Waals surface area contributed by atoms with Crippen molar-refractivity contribution in [2.75, 3.05) is 64.5 Å². The first-order valence-corrected chi connectivity index (χ1v) is 10.1. The number of nitrogens with one attached hydrogen (secondary N) is 1. The second-order valence-corrected chi connectivity index (χ2v) is 8.97. The number of thioether (sulfide) groups is 1. The fraction of sp³-hybridized carbons (Fsp3) is 0.941. The van der Waals surface area contributed by atoms with Crippen LogP contribution >= 0.6 is 11.8 Å². The predicted octanol–water partition coefficient (Wildman–Crippen LogP) is 1.50. The van der Waals surface area contributed by atoms with Gasteiger partial charge < -0.3 is 15.0 Å². The lowest BCUT2D eigenvalue weighted by molar-refractivity contribution is -0.0121. The number of aliphatic imine (C=N–C) groups is 1. The van der Waals surface area contributed by atoms with Crippen LogP contribution in [0.15, 0.2) is 4.99 Å². The van der Waals surface area contributed by atoms with Crippen LogP contribution in [-0.4, -0.2) is 85.8 Å². The summed E-state index contributed by atoms with van der Waals surface area (Å²) in [6, 6.07) is 0. The van der Waals surface area contributed by atoms with Gasteiger partial charge in [-0.15, -0.1) is 0 Å². The summed E-state index contributed by atoms with van der Waals surface area (Å²) in [6.45, 7) is 11.8. The third-order valence-corrected chi connectivity index (χ3v) is 6.76. The molecule has 3 fully saturated rings. The van der Waals surface area contributed by atoms with E-state index in [-0.39, 0.29) is 5.54 Å². The molecular weight excluding hydrogens is 308 g/mol. The van der Waals surface area contributed by atoms with Gasteiger partial charge in [-0.05, 0) is 24.0 Å². The average molecular weight is 341 g/mol. The second kappa shape index (κ2) is 7.19. The topological polar surface area (TPSA) is 40.1 Å². The van der Waals surface area contributed by atoms with E-state index in [9.17, 15) is 0 Å². The highest BCUT2D eigenvalue weighted by molar-refractivity contribution is 7.99. The largest absolute Gasteiger partial charge is 0.379 e. The quantitative estimate of drug-likeness (QED) is 0.623. The van der Waals surface area contributed by atoms with Gasteiger partial charge in [0.05, 0.1) is 13.2 Å². The summed E-state index contributed by atoms with van der Waals surface area (Å²) in [5, 5.41) is 3.71. The molecule has 0 aliphatic carbocycles. The molecule has 1 unspecified atom stereocenters. The minimum absolute atomic E-state index is 0.277. The van der Waals surface area contributed by atoms with Crippen LogP contribution in [0.4, 0.5) is 0 Å². The van der Waals surface area contributed by atoms with E-state index < -0.39 is 0 Å². The maximum absolute atomic E-state index is 5.55. The van der Waals surface area contributed by atoms with Crippen molar-refractivity contribution in [3.05, 3.63) is 0 Å². The van der Waals surface area contributed by atoms with E-state index in [1.165, 1.54) is 24.3 Å². The maximum Gasteiger partial charge on any atom is 0.193 e. The van der Waals surface area contributed by atoms with Crippen LogP contribution in [0, 0.1) is 5.41 Å². The Morgan fingerprint density at radius 1 is 1.22 bits per heavy atom. The summed E-state index contributed by atoms with van der Waals surface area (Å²) >= 11 is 2.09. The van der Waals surface area contributed by atoms with Crippen molar-refractivity contribution in [2.24, 2.45) is 10.4 Å². The first kappa shape index (κ1) is 17.4. The van der Waals surface area contributed by atoms with Crippen molar-refractivity contribution in [3.8, 4) is 0 Å². The normalized spacial score (nSPS) is 32.5. The molecule has 132 valence electrons. The summed E-state index contributed by atoms with van der Waals surface area (Å²) in [6.07, 6.45) is 2.52. The molecule has 23 heavy (non-hydrogen) atoms. The Kier molecular flexibility index (Phi) is 5.43. The molecule has 3 saturated heterocycles. The number of guanidine groups is 1. The molecule has 0 aromatic rings. The van der Waals surface area contributed by atoms with Gasteiger partial charge in [0.15, 0.2) is 5.96 Å². The molecule has 1 N–H and O–H groups in total. The summed E-state index contributed by atoms with van der Waals surface area (Å²) in [7, 11) is 1.92. The summed E-state index contributed by atoms with van der Waals surface area (Å²) < 4.78 is 5.55. The molecule has 3 heterocycles. The van der Waals surface area contributed by atoms with E-state index in [1.54, 1.807) is 0 Å². The van der Waals surface area contributed by atoms with E-state index in [2.05, 4.69) is 45.7 Å². The van der Waals surface area contributed by atoms with Gasteiger partial charge in [0, 0.05) is 51.1 Å². The Morgan fingerprint density at radius 2 is 2.00 bits per heavy atom. The van der Waals surface area contributed by atoms with Gasteiger partial charge in [0.2, 0.25) is 0 Å². The molecule has 3 aliphatic heterocycles. The Morgan fingerprint density at radius 3 is 2.57 bits per heavy atom. The van der Waals surface area contributed by atoms with Crippen LogP contribution < -0.4 is 5.32 Å². The molecule has 0 aromatic heterocycles. The Labute approximate surface area is 145 Å². The van der Waals surface area contributed by atoms with E-state index in [0.717, 1.165) is 51.9 Å². The predicted molar refractivity (Wildman–Crippen MR) is 98.4 cm³/mol. The van der Waals surface area contributed by atoms with Crippen LogP contribution in [0.5, 0.6) is 0 Å². The van der Waals surface area contributed by atoms with Crippen LogP contribution in [0.2, 0.25) is 0 Å². The highest BCUT2D eigenvalue weighted by Crippen LogP contribution is 2.34. The Hall–Kier alpha value is -0.460. The number of ether oxygens (including phenoxy) is 1. The third-order valence-electron chi connectivity index (χ3n) is 5.53. The van der Waals surface area contributed by atoms with Gasteiger partial charge in [-0.3, -0.25) is 9.89 Å². The Bertz CT molecular complexity index is 428. The SMILES string of the molecule is CN=C(NCC1(N2CCOCC2)CCSC1)N1CCC(C)(C)C1. The first-order valence-electron chi connectivity index (χ1n) is 8.91. The fourth-order valence-corrected chi connectivity index (χ4v) is 5.48. The van der Waals surface area contributed by atoms with E-state index in [0.29, 0.717) is 5.41 Å². The number of hydrogen-bond acceptors (Lipinski definition) is 4. The van der Waals surface area contributed by atoms with E-state index >= 15 is 0 Å². The van der Waals surface area contributed by atoms with Crippen molar-refractivity contribution >= 4 is 17.7 Å². The van der Waals surface area contributed by atoms with Gasteiger partial charge >= 0.3 is 0 Å². The highest BCUT2D eigenvalue weighted by Gasteiger charge is 2.41. The molecule has 6 heteroatoms. The van der Waals surface area contributed by atoms with Gasteiger partial charge in [-0.25, -0.2) is 0 Å². The molecule has 3 rings (SSSR count). The number of hydrogen-bond donors (Lipinski definition) is 1. The fourth-order valence-electron chi connectivity index (χ4n) is 4.00. The molecule has 0 radical (unpaired) electrons. The Balaban J connectivity index is 1.62. The highest BCUT2D eigenvalue weighted by atomic mass is 32.2. The van der Waals surface area contributed by atoms with Gasteiger partial charge in [0.1, 0.15) is 0 Å². The van der Waals surface area contributed by atoms with Crippen LogP contribution in [0.3, 0.4) is 0 Å². The van der Waals surface area contributed by atoms with Crippen molar-refractivity contribution in [2.45, 2.75) is 32.2 Å². The third kappa shape index (κ3) is 3.97. The van der Waals surface area contributed by atoms with Gasteiger partial charge in [-0.2, -0.15) is 11.8 Å². The molecule has 0 saturated carbocycles. The molecule has 1 atom stereocenters. The van der Waals surface area contributed by atoms with E-state index in [1.807, 2.05) is 7.05 Å². The lowest BCUT2D eigenvalue weighted by atomic mass is 9.93. The molecule has 5 nitrogen and oxygen atoms in total. The summed E-state index contributed by atoms with van der Waals surface area (Å²) in [5.41, 5.74) is 0.683. The van der Waals surface area contributed by atoms with Crippen LogP contribution in [0.1, 0.15) is 26.7 Å². The minimum Gasteiger partial charge on any atom is -0.379 e. The number of likely N-dealkylation sites (tertiary alicyclic amines) is 1. The minimum atomic E-state index is 0.277. The van der Waals surface area contributed by atoms with Crippen LogP contribution in [0.25, 0.3) is 0 Å². The van der Waals surface area contributed by atoms with Gasteiger partial charge in [0.25, 0.3) is 0 Å². The zero-order valence-corrected chi connectivity index (χ0v) is 15.8. The summed E-state index contributed by atoms with van der Waals surface area (Å²) in [4.78, 5) is 9.64. The number of nitrogens with zero attached hydrogens (tertiary/aromatic N) is 3. The lowest BCUT2D eigenvalue weighted by Gasteiger charge is -2.43. The molecule has 0 aromatic carbocycles. The first-order chi connectivity index (χ1) is 11.0. The van der Waals surface area contributed by atoms with Crippen molar-refractivity contribution in [1.82, 2.24) is 15.1 Å². The number of morpholine rings is 1.